The standard InChI is InChI=1S/C29H31N3O3/c1-19-5-3-6-24(27(19)35-17-20-9-10-22-15-30-12-11-21(22)13-20)25-7-4-8-26(31-25)32-16-23-14-29(23,18-32)28(33)34-2/h3-10,13,23,30H,11-12,14-18H2,1-2H3/t23-,29-/m0/s1. The molecule has 1 N–H and O–H groups in total. The van der Waals surface area contributed by atoms with Crippen LogP contribution in [0, 0.1) is 18.3 Å². The van der Waals surface area contributed by atoms with Crippen molar-refractivity contribution in [3.05, 3.63) is 76.9 Å². The van der Waals surface area contributed by atoms with E-state index in [1.165, 1.54) is 23.8 Å². The lowest BCUT2D eigenvalue weighted by molar-refractivity contribution is -0.146. The molecule has 2 atom stereocenters. The van der Waals surface area contributed by atoms with Crippen LogP contribution >= 0.6 is 0 Å². The van der Waals surface area contributed by atoms with Crippen LogP contribution in [0.1, 0.15) is 28.7 Å². The number of ether oxygens (including phenoxy) is 2. The van der Waals surface area contributed by atoms with E-state index in [0.29, 0.717) is 19.1 Å². The first kappa shape index (κ1) is 22.1. The van der Waals surface area contributed by atoms with Crippen LogP contribution in [-0.4, -0.2) is 37.7 Å². The summed E-state index contributed by atoms with van der Waals surface area (Å²) in [5.74, 6) is 2.04. The van der Waals surface area contributed by atoms with Gasteiger partial charge in [-0.3, -0.25) is 4.79 Å². The Morgan fingerprint density at radius 2 is 2.06 bits per heavy atom. The van der Waals surface area contributed by atoms with E-state index >= 15 is 0 Å². The SMILES string of the molecule is COC(=O)[C@]12C[C@H]1CN(c1cccc(-c3cccc(C)c3OCc3ccc4c(c3)CCNC4)n1)C2. The summed E-state index contributed by atoms with van der Waals surface area (Å²) in [5.41, 5.74) is 6.60. The van der Waals surface area contributed by atoms with Gasteiger partial charge in [0.15, 0.2) is 0 Å². The molecule has 35 heavy (non-hydrogen) atoms. The van der Waals surface area contributed by atoms with Gasteiger partial charge in [-0.15, -0.1) is 0 Å². The van der Waals surface area contributed by atoms with E-state index < -0.39 is 0 Å². The van der Waals surface area contributed by atoms with E-state index in [9.17, 15) is 4.79 Å². The highest BCUT2D eigenvalue weighted by Crippen LogP contribution is 2.59. The molecule has 0 spiro atoms. The summed E-state index contributed by atoms with van der Waals surface area (Å²) in [4.78, 5) is 19.5. The van der Waals surface area contributed by atoms with Crippen LogP contribution in [0.5, 0.6) is 5.75 Å². The van der Waals surface area contributed by atoms with Crippen LogP contribution in [0.25, 0.3) is 11.3 Å². The monoisotopic (exact) mass is 469 g/mol. The maximum atomic E-state index is 12.3. The molecule has 1 saturated heterocycles. The number of carbonyl (C=O) groups excluding carboxylic acids is 1. The average molecular weight is 470 g/mol. The van der Waals surface area contributed by atoms with E-state index in [4.69, 9.17) is 14.5 Å². The smallest absolute Gasteiger partial charge is 0.313 e. The van der Waals surface area contributed by atoms with Crippen LogP contribution in [0.3, 0.4) is 0 Å². The molecule has 3 aromatic rings. The van der Waals surface area contributed by atoms with Gasteiger partial charge in [0.1, 0.15) is 18.2 Å². The maximum absolute atomic E-state index is 12.3. The van der Waals surface area contributed by atoms with Crippen molar-refractivity contribution in [2.24, 2.45) is 11.3 Å². The van der Waals surface area contributed by atoms with E-state index in [1.807, 2.05) is 18.2 Å². The fourth-order valence-corrected chi connectivity index (χ4v) is 5.75. The second-order valence-corrected chi connectivity index (χ2v) is 10.1. The quantitative estimate of drug-likeness (QED) is 0.544. The fourth-order valence-electron chi connectivity index (χ4n) is 5.75. The minimum atomic E-state index is -0.338. The molecule has 1 aromatic heterocycles. The predicted octanol–water partition coefficient (Wildman–Crippen LogP) is 4.28. The van der Waals surface area contributed by atoms with Gasteiger partial charge < -0.3 is 19.7 Å². The van der Waals surface area contributed by atoms with Gasteiger partial charge in [-0.1, -0.05) is 36.4 Å². The molecule has 180 valence electrons. The van der Waals surface area contributed by atoms with Crippen molar-refractivity contribution in [3.63, 3.8) is 0 Å². The molecule has 1 aliphatic carbocycles. The molecule has 0 amide bonds. The molecule has 0 unspecified atom stereocenters. The minimum absolute atomic E-state index is 0.0889. The van der Waals surface area contributed by atoms with Crippen molar-refractivity contribution in [3.8, 4) is 17.0 Å². The lowest BCUT2D eigenvalue weighted by Gasteiger charge is -2.22. The highest BCUT2D eigenvalue weighted by atomic mass is 16.5. The van der Waals surface area contributed by atoms with Gasteiger partial charge in [0.2, 0.25) is 0 Å². The molecular weight excluding hydrogens is 438 g/mol. The normalized spacial score (nSPS) is 22.3. The van der Waals surface area contributed by atoms with Crippen molar-refractivity contribution >= 4 is 11.8 Å². The van der Waals surface area contributed by atoms with Crippen LogP contribution in [0.4, 0.5) is 5.82 Å². The van der Waals surface area contributed by atoms with Crippen molar-refractivity contribution in [1.29, 1.82) is 0 Å². The van der Waals surface area contributed by atoms with Gasteiger partial charge in [-0.25, -0.2) is 4.98 Å². The van der Waals surface area contributed by atoms with Crippen LogP contribution in [0.2, 0.25) is 0 Å². The number of hydrogen-bond donors (Lipinski definition) is 1. The summed E-state index contributed by atoms with van der Waals surface area (Å²) in [7, 11) is 1.48. The van der Waals surface area contributed by atoms with Gasteiger partial charge in [0, 0.05) is 25.2 Å². The summed E-state index contributed by atoms with van der Waals surface area (Å²) in [5, 5.41) is 3.43. The summed E-state index contributed by atoms with van der Waals surface area (Å²) in [6, 6.07) is 19.0. The first-order valence-electron chi connectivity index (χ1n) is 12.4. The largest absolute Gasteiger partial charge is 0.488 e. The van der Waals surface area contributed by atoms with Crippen LogP contribution in [-0.2, 0) is 29.1 Å². The van der Waals surface area contributed by atoms with E-state index in [0.717, 1.165) is 60.9 Å². The second kappa shape index (κ2) is 8.68. The number of pyridine rings is 1. The zero-order valence-corrected chi connectivity index (χ0v) is 20.3. The third-order valence-corrected chi connectivity index (χ3v) is 7.82. The molecule has 6 heteroatoms. The minimum Gasteiger partial charge on any atom is -0.488 e. The predicted molar refractivity (Wildman–Crippen MR) is 135 cm³/mol. The summed E-state index contributed by atoms with van der Waals surface area (Å²) in [6.07, 6.45) is 1.98. The number of nitrogens with one attached hydrogen (secondary N) is 1. The number of methoxy groups -OCH3 is 1. The number of aromatic nitrogens is 1. The lowest BCUT2D eigenvalue weighted by atomic mass is 9.99. The number of para-hydroxylation sites is 1. The summed E-state index contributed by atoms with van der Waals surface area (Å²) >= 11 is 0. The molecule has 3 heterocycles. The first-order chi connectivity index (χ1) is 17.1. The maximum Gasteiger partial charge on any atom is 0.313 e. The average Bonchev–Trinajstić information content (AvgIpc) is 3.47. The molecule has 6 rings (SSSR count). The van der Waals surface area contributed by atoms with Crippen LogP contribution in [0.15, 0.2) is 54.6 Å². The lowest BCUT2D eigenvalue weighted by Crippen LogP contribution is -2.29. The highest BCUT2D eigenvalue weighted by Gasteiger charge is 2.66. The molecule has 2 aromatic carbocycles. The van der Waals surface area contributed by atoms with Gasteiger partial charge in [0.25, 0.3) is 0 Å². The number of rotatable bonds is 6. The van der Waals surface area contributed by atoms with Crippen molar-refractivity contribution in [2.45, 2.75) is 32.9 Å². The third kappa shape index (κ3) is 3.96. The Morgan fingerprint density at radius 1 is 1.17 bits per heavy atom. The molecule has 0 radical (unpaired) electrons. The Bertz CT molecular complexity index is 1290. The Hall–Kier alpha value is -3.38. The Balaban J connectivity index is 1.24. The van der Waals surface area contributed by atoms with E-state index in [2.05, 4.69) is 53.5 Å². The highest BCUT2D eigenvalue weighted by molar-refractivity contribution is 5.83. The fraction of sp³-hybridized carbons (Fsp3) is 0.379. The number of aryl methyl sites for hydroxylation is 1. The van der Waals surface area contributed by atoms with Gasteiger partial charge in [-0.05, 0) is 72.7 Å². The van der Waals surface area contributed by atoms with Crippen molar-refractivity contribution < 1.29 is 14.3 Å². The van der Waals surface area contributed by atoms with Crippen molar-refractivity contribution in [2.75, 3.05) is 31.6 Å². The molecular formula is C29H31N3O3. The van der Waals surface area contributed by atoms with E-state index in [1.54, 1.807) is 0 Å². The number of fused-ring (bicyclic) bond motifs is 2. The zero-order valence-electron chi connectivity index (χ0n) is 20.3. The van der Waals surface area contributed by atoms with Gasteiger partial charge >= 0.3 is 5.97 Å². The number of benzene rings is 2. The van der Waals surface area contributed by atoms with E-state index in [-0.39, 0.29) is 11.4 Å². The number of nitrogens with zero attached hydrogens (tertiary/aromatic N) is 2. The number of esters is 1. The number of hydrogen-bond acceptors (Lipinski definition) is 6. The molecule has 3 aliphatic rings. The molecule has 2 fully saturated rings. The number of carbonyl (C=O) groups is 1. The third-order valence-electron chi connectivity index (χ3n) is 7.82. The van der Waals surface area contributed by atoms with Gasteiger partial charge in [0.05, 0.1) is 18.2 Å². The Labute approximate surface area is 206 Å². The Kier molecular flexibility index (Phi) is 5.49. The summed E-state index contributed by atoms with van der Waals surface area (Å²) in [6.45, 7) is 6.09. The Morgan fingerprint density at radius 3 is 2.94 bits per heavy atom. The molecule has 6 nitrogen and oxygen atoms in total. The zero-order chi connectivity index (χ0) is 24.0. The molecule has 2 aliphatic heterocycles. The van der Waals surface area contributed by atoms with Crippen LogP contribution < -0.4 is 15.0 Å². The number of anilines is 1. The summed E-state index contributed by atoms with van der Waals surface area (Å²) < 4.78 is 11.5. The molecule has 0 bridgehead atoms. The molecule has 1 saturated carbocycles. The topological polar surface area (TPSA) is 63.7 Å². The number of piperidine rings is 1. The second-order valence-electron chi connectivity index (χ2n) is 10.1. The van der Waals surface area contributed by atoms with Gasteiger partial charge in [-0.2, -0.15) is 0 Å². The first-order valence-corrected chi connectivity index (χ1v) is 12.4. The van der Waals surface area contributed by atoms with Crippen molar-refractivity contribution in [1.82, 2.24) is 10.3 Å².